The highest BCUT2D eigenvalue weighted by atomic mass is 16.5. The van der Waals surface area contributed by atoms with Crippen LogP contribution < -0.4 is 24.3 Å². The van der Waals surface area contributed by atoms with Gasteiger partial charge in [0, 0.05) is 11.8 Å². The number of benzene rings is 1. The molecule has 0 saturated carbocycles. The van der Waals surface area contributed by atoms with Crippen LogP contribution in [0.5, 0.6) is 23.0 Å². The van der Waals surface area contributed by atoms with Crippen LogP contribution in [0.15, 0.2) is 42.9 Å². The van der Waals surface area contributed by atoms with Gasteiger partial charge in [-0.15, -0.1) is 5.10 Å². The number of methoxy groups -OCH3 is 3. The number of aromatic nitrogens is 4. The predicted octanol–water partition coefficient (Wildman–Crippen LogP) is 2.84. The zero-order valence-corrected chi connectivity index (χ0v) is 16.7. The highest BCUT2D eigenvalue weighted by molar-refractivity contribution is 5.68. The van der Waals surface area contributed by atoms with Crippen molar-refractivity contribution in [3.05, 3.63) is 42.9 Å². The van der Waals surface area contributed by atoms with Gasteiger partial charge in [-0.1, -0.05) is 0 Å². The number of hydrogen-bond donors (Lipinski definition) is 1. The molecule has 0 unspecified atom stereocenters. The zero-order chi connectivity index (χ0) is 20.6. The van der Waals surface area contributed by atoms with Crippen LogP contribution in [0.4, 0.5) is 5.95 Å². The van der Waals surface area contributed by atoms with Gasteiger partial charge in [-0.3, -0.25) is 4.98 Å². The lowest BCUT2D eigenvalue weighted by atomic mass is 10.1. The van der Waals surface area contributed by atoms with Crippen molar-refractivity contribution in [2.45, 2.75) is 13.0 Å². The minimum absolute atomic E-state index is 0.118. The maximum absolute atomic E-state index is 5.79. The molecule has 0 aliphatic carbocycles. The van der Waals surface area contributed by atoms with Crippen LogP contribution in [0.25, 0.3) is 11.3 Å². The average molecular weight is 397 g/mol. The van der Waals surface area contributed by atoms with E-state index in [1.165, 1.54) is 0 Å². The number of anilines is 1. The van der Waals surface area contributed by atoms with Crippen molar-refractivity contribution >= 4 is 5.95 Å². The SMILES string of the molecule is COc1cc(-c2cnnc(NC[C@H](C)Oc3cccnc3)n2)cc(OC)c1OC. The lowest BCUT2D eigenvalue weighted by molar-refractivity contribution is 0.233. The van der Waals surface area contributed by atoms with E-state index in [2.05, 4.69) is 25.5 Å². The number of pyridine rings is 1. The molecule has 1 atom stereocenters. The first-order valence-electron chi connectivity index (χ1n) is 8.95. The summed E-state index contributed by atoms with van der Waals surface area (Å²) in [6, 6.07) is 7.29. The number of rotatable bonds is 9. The molecule has 0 saturated heterocycles. The molecule has 0 bridgehead atoms. The van der Waals surface area contributed by atoms with Crippen LogP contribution in [0, 0.1) is 0 Å². The van der Waals surface area contributed by atoms with Crippen LogP contribution in [-0.4, -0.2) is 54.1 Å². The van der Waals surface area contributed by atoms with Gasteiger partial charge in [0.05, 0.1) is 46.0 Å². The zero-order valence-electron chi connectivity index (χ0n) is 16.7. The lowest BCUT2D eigenvalue weighted by Crippen LogP contribution is -2.23. The first-order chi connectivity index (χ1) is 14.1. The third-order valence-corrected chi connectivity index (χ3v) is 4.04. The second-order valence-electron chi connectivity index (χ2n) is 6.08. The van der Waals surface area contributed by atoms with Crippen molar-refractivity contribution in [3.63, 3.8) is 0 Å². The Morgan fingerprint density at radius 3 is 2.41 bits per heavy atom. The van der Waals surface area contributed by atoms with E-state index in [0.29, 0.717) is 41.2 Å². The lowest BCUT2D eigenvalue weighted by Gasteiger charge is -2.15. The molecule has 2 aromatic heterocycles. The van der Waals surface area contributed by atoms with E-state index in [0.717, 1.165) is 5.56 Å². The summed E-state index contributed by atoms with van der Waals surface area (Å²) in [5.74, 6) is 2.67. The maximum Gasteiger partial charge on any atom is 0.243 e. The van der Waals surface area contributed by atoms with Crippen molar-refractivity contribution in [1.29, 1.82) is 0 Å². The molecule has 2 heterocycles. The van der Waals surface area contributed by atoms with Gasteiger partial charge in [0.1, 0.15) is 11.9 Å². The fourth-order valence-electron chi connectivity index (χ4n) is 2.67. The molecule has 0 fully saturated rings. The number of hydrogen-bond acceptors (Lipinski definition) is 9. The first-order valence-corrected chi connectivity index (χ1v) is 8.95. The van der Waals surface area contributed by atoms with Gasteiger partial charge in [0.15, 0.2) is 11.5 Å². The van der Waals surface area contributed by atoms with Crippen LogP contribution in [0.2, 0.25) is 0 Å². The van der Waals surface area contributed by atoms with Crippen LogP contribution >= 0.6 is 0 Å². The fraction of sp³-hybridized carbons (Fsp3) is 0.300. The largest absolute Gasteiger partial charge is 0.493 e. The minimum atomic E-state index is -0.118. The summed E-state index contributed by atoms with van der Waals surface area (Å²) in [4.78, 5) is 8.56. The minimum Gasteiger partial charge on any atom is -0.493 e. The van der Waals surface area contributed by atoms with Gasteiger partial charge in [-0.2, -0.15) is 5.10 Å². The van der Waals surface area contributed by atoms with Gasteiger partial charge >= 0.3 is 0 Å². The van der Waals surface area contributed by atoms with Gasteiger partial charge in [0.25, 0.3) is 0 Å². The Kier molecular flexibility index (Phi) is 6.62. The summed E-state index contributed by atoms with van der Waals surface area (Å²) in [6.07, 6.45) is 4.82. The summed E-state index contributed by atoms with van der Waals surface area (Å²) in [5.41, 5.74) is 1.37. The van der Waals surface area contributed by atoms with Gasteiger partial charge < -0.3 is 24.3 Å². The summed E-state index contributed by atoms with van der Waals surface area (Å²) >= 11 is 0. The Labute approximate surface area is 169 Å². The molecule has 152 valence electrons. The van der Waals surface area contributed by atoms with E-state index in [4.69, 9.17) is 18.9 Å². The molecule has 0 spiro atoms. The van der Waals surface area contributed by atoms with E-state index in [9.17, 15) is 0 Å². The molecule has 0 aliphatic heterocycles. The van der Waals surface area contributed by atoms with Crippen molar-refractivity contribution in [2.75, 3.05) is 33.2 Å². The normalized spacial score (nSPS) is 11.4. The molecule has 29 heavy (non-hydrogen) atoms. The number of ether oxygens (including phenoxy) is 4. The molecular weight excluding hydrogens is 374 g/mol. The summed E-state index contributed by atoms with van der Waals surface area (Å²) in [7, 11) is 4.69. The monoisotopic (exact) mass is 397 g/mol. The molecule has 3 aromatic rings. The van der Waals surface area contributed by atoms with Gasteiger partial charge in [0.2, 0.25) is 11.7 Å². The quantitative estimate of drug-likeness (QED) is 0.584. The van der Waals surface area contributed by atoms with Crippen molar-refractivity contribution in [1.82, 2.24) is 20.2 Å². The van der Waals surface area contributed by atoms with E-state index in [1.54, 1.807) is 39.9 Å². The third kappa shape index (κ3) is 5.01. The Bertz CT molecular complexity index is 914. The van der Waals surface area contributed by atoms with Crippen molar-refractivity contribution < 1.29 is 18.9 Å². The second-order valence-corrected chi connectivity index (χ2v) is 6.08. The van der Waals surface area contributed by atoms with Crippen molar-refractivity contribution in [3.8, 4) is 34.3 Å². The Morgan fingerprint density at radius 1 is 1.03 bits per heavy atom. The smallest absolute Gasteiger partial charge is 0.243 e. The molecule has 9 nitrogen and oxygen atoms in total. The molecule has 0 radical (unpaired) electrons. The molecular formula is C20H23N5O4. The van der Waals surface area contributed by atoms with Crippen LogP contribution in [0.1, 0.15) is 6.92 Å². The van der Waals surface area contributed by atoms with Crippen LogP contribution in [-0.2, 0) is 0 Å². The van der Waals surface area contributed by atoms with Crippen molar-refractivity contribution in [2.24, 2.45) is 0 Å². The molecule has 9 heteroatoms. The summed E-state index contributed by atoms with van der Waals surface area (Å²) in [5, 5.41) is 11.2. The maximum atomic E-state index is 5.79. The highest BCUT2D eigenvalue weighted by Crippen LogP contribution is 2.40. The second kappa shape index (κ2) is 9.54. The standard InChI is InChI=1S/C20H23N5O4/c1-13(29-15-6-5-7-21-11-15)10-22-20-24-16(12-23-25-20)14-8-17(26-2)19(28-4)18(9-14)27-3/h5-9,11-13H,10H2,1-4H3,(H,22,24,25)/t13-/m0/s1. The highest BCUT2D eigenvalue weighted by Gasteiger charge is 2.15. The van der Waals surface area contributed by atoms with Gasteiger partial charge in [-0.25, -0.2) is 4.98 Å². The fourth-order valence-corrected chi connectivity index (χ4v) is 2.67. The van der Waals surface area contributed by atoms with Crippen LogP contribution in [0.3, 0.4) is 0 Å². The molecule has 0 amide bonds. The number of nitrogens with one attached hydrogen (secondary N) is 1. The van der Waals surface area contributed by atoms with E-state index >= 15 is 0 Å². The summed E-state index contributed by atoms with van der Waals surface area (Å²) in [6.45, 7) is 2.44. The molecule has 1 aromatic carbocycles. The van der Waals surface area contributed by atoms with Gasteiger partial charge in [-0.05, 0) is 31.2 Å². The predicted molar refractivity (Wildman–Crippen MR) is 108 cm³/mol. The molecule has 3 rings (SSSR count). The summed E-state index contributed by atoms with van der Waals surface area (Å²) < 4.78 is 21.9. The Hall–Kier alpha value is -3.62. The topological polar surface area (TPSA) is 101 Å². The molecule has 1 N–H and O–H groups in total. The van der Waals surface area contributed by atoms with E-state index in [-0.39, 0.29) is 6.10 Å². The third-order valence-electron chi connectivity index (χ3n) is 4.04. The van der Waals surface area contributed by atoms with E-state index < -0.39 is 0 Å². The number of nitrogens with zero attached hydrogens (tertiary/aromatic N) is 4. The Balaban J connectivity index is 1.74. The van der Waals surface area contributed by atoms with E-state index in [1.807, 2.05) is 31.2 Å². The Morgan fingerprint density at radius 2 is 1.79 bits per heavy atom. The first kappa shape index (κ1) is 20.1. The molecule has 0 aliphatic rings. The average Bonchev–Trinajstić information content (AvgIpc) is 2.77.